The zero-order valence-electron chi connectivity index (χ0n) is 18.9. The average molecular weight is 487 g/mol. The van der Waals surface area contributed by atoms with Crippen LogP contribution in [0.25, 0.3) is 0 Å². The molecule has 6 rings (SSSR count). The Labute approximate surface area is 205 Å². The average Bonchev–Trinajstić information content (AvgIpc) is 3.53. The van der Waals surface area contributed by atoms with E-state index in [9.17, 15) is 19.7 Å². The standard InChI is InChI=1S/C26H22N4O4S/c1-15-4-9-20-19(11-15)26(25(32)28-20)23(24(31)17-3-2-10-27-12-17)22(21-13-35-14-29(21)26)16-5-7-18(8-6-16)30(33)34/h2-12,21-23H,13-14H2,1H3,(H,28,32). The highest BCUT2D eigenvalue weighted by molar-refractivity contribution is 7.99. The maximum Gasteiger partial charge on any atom is 0.269 e. The van der Waals surface area contributed by atoms with Gasteiger partial charge < -0.3 is 5.32 Å². The largest absolute Gasteiger partial charge is 0.324 e. The van der Waals surface area contributed by atoms with Crippen molar-refractivity contribution in [3.05, 3.63) is 99.4 Å². The summed E-state index contributed by atoms with van der Waals surface area (Å²) in [6.07, 6.45) is 3.16. The van der Waals surface area contributed by atoms with Crippen molar-refractivity contribution in [3.8, 4) is 0 Å². The lowest BCUT2D eigenvalue weighted by Crippen LogP contribution is -2.52. The lowest BCUT2D eigenvalue weighted by molar-refractivity contribution is -0.384. The number of pyridine rings is 1. The molecule has 0 aliphatic carbocycles. The Morgan fingerprint density at radius 3 is 2.74 bits per heavy atom. The molecule has 1 amide bonds. The number of thioether (sulfide) groups is 1. The molecule has 3 aliphatic rings. The molecule has 1 aromatic heterocycles. The fourth-order valence-corrected chi connectivity index (χ4v) is 7.40. The predicted octanol–water partition coefficient (Wildman–Crippen LogP) is 4.12. The summed E-state index contributed by atoms with van der Waals surface area (Å²) in [7, 11) is 0. The number of aryl methyl sites for hydroxylation is 1. The second kappa shape index (κ2) is 8.00. The van der Waals surface area contributed by atoms with Crippen LogP contribution in [0.15, 0.2) is 67.0 Å². The van der Waals surface area contributed by atoms with Gasteiger partial charge in [0.25, 0.3) is 5.69 Å². The van der Waals surface area contributed by atoms with Crippen molar-refractivity contribution >= 4 is 34.8 Å². The number of nitrogens with zero attached hydrogens (tertiary/aromatic N) is 3. The molecule has 8 nitrogen and oxygen atoms in total. The number of nitrogens with one attached hydrogen (secondary N) is 1. The number of nitro benzene ring substituents is 1. The number of carbonyl (C=O) groups excluding carboxylic acids is 2. The third-order valence-electron chi connectivity index (χ3n) is 7.49. The van der Waals surface area contributed by atoms with Crippen LogP contribution in [-0.2, 0) is 10.3 Å². The minimum Gasteiger partial charge on any atom is -0.324 e. The van der Waals surface area contributed by atoms with Crippen LogP contribution in [0.3, 0.4) is 0 Å². The number of ketones is 1. The maximum absolute atomic E-state index is 14.3. The van der Waals surface area contributed by atoms with E-state index in [-0.39, 0.29) is 29.3 Å². The molecule has 0 bridgehead atoms. The van der Waals surface area contributed by atoms with Crippen LogP contribution in [0.2, 0.25) is 0 Å². The number of fused-ring (bicyclic) bond motifs is 4. The molecule has 35 heavy (non-hydrogen) atoms. The monoisotopic (exact) mass is 486 g/mol. The molecule has 3 aromatic rings. The Hall–Kier alpha value is -3.56. The minimum atomic E-state index is -1.17. The fraction of sp³-hybridized carbons (Fsp3) is 0.269. The van der Waals surface area contributed by atoms with Crippen LogP contribution < -0.4 is 5.32 Å². The quantitative estimate of drug-likeness (QED) is 0.336. The number of aromatic nitrogens is 1. The predicted molar refractivity (Wildman–Crippen MR) is 132 cm³/mol. The van der Waals surface area contributed by atoms with Crippen molar-refractivity contribution in [2.24, 2.45) is 5.92 Å². The molecule has 1 spiro atoms. The number of anilines is 1. The first-order chi connectivity index (χ1) is 16.9. The lowest BCUT2D eigenvalue weighted by Gasteiger charge is -2.36. The van der Waals surface area contributed by atoms with E-state index in [4.69, 9.17) is 0 Å². The number of amides is 1. The first-order valence-corrected chi connectivity index (χ1v) is 12.5. The van der Waals surface area contributed by atoms with E-state index in [1.54, 1.807) is 48.4 Å². The molecular weight excluding hydrogens is 464 g/mol. The fourth-order valence-electron chi connectivity index (χ4n) is 6.07. The summed E-state index contributed by atoms with van der Waals surface area (Å²) in [5.41, 5.74) is 2.65. The van der Waals surface area contributed by atoms with Gasteiger partial charge in [-0.2, -0.15) is 0 Å². The summed E-state index contributed by atoms with van der Waals surface area (Å²) in [6.45, 7) is 1.98. The zero-order chi connectivity index (χ0) is 24.3. The summed E-state index contributed by atoms with van der Waals surface area (Å²) in [6, 6.07) is 15.7. The normalized spacial score (nSPS) is 27.0. The van der Waals surface area contributed by atoms with Gasteiger partial charge in [-0.15, -0.1) is 11.8 Å². The summed E-state index contributed by atoms with van der Waals surface area (Å²) in [5, 5.41) is 14.3. The molecule has 176 valence electrons. The molecule has 2 fully saturated rings. The van der Waals surface area contributed by atoms with Crippen LogP contribution in [0.4, 0.5) is 11.4 Å². The zero-order valence-corrected chi connectivity index (χ0v) is 19.7. The minimum absolute atomic E-state index is 0.00571. The van der Waals surface area contributed by atoms with E-state index >= 15 is 0 Å². The number of non-ortho nitro benzene ring substituents is 1. The summed E-state index contributed by atoms with van der Waals surface area (Å²) < 4.78 is 0. The summed E-state index contributed by atoms with van der Waals surface area (Å²) in [5.74, 6) is -0.0131. The number of benzene rings is 2. The van der Waals surface area contributed by atoms with Crippen molar-refractivity contribution in [1.82, 2.24) is 9.88 Å². The van der Waals surface area contributed by atoms with Gasteiger partial charge in [-0.05, 0) is 30.7 Å². The molecule has 1 N–H and O–H groups in total. The number of rotatable bonds is 4. The van der Waals surface area contributed by atoms with E-state index in [0.29, 0.717) is 11.4 Å². The molecule has 4 atom stereocenters. The molecule has 2 saturated heterocycles. The second-order valence-corrected chi connectivity index (χ2v) is 10.3. The van der Waals surface area contributed by atoms with Crippen LogP contribution in [0.5, 0.6) is 0 Å². The molecule has 0 saturated carbocycles. The molecular formula is C26H22N4O4S. The van der Waals surface area contributed by atoms with Crippen LogP contribution in [0.1, 0.15) is 33.0 Å². The van der Waals surface area contributed by atoms with Crippen LogP contribution in [0, 0.1) is 23.0 Å². The smallest absolute Gasteiger partial charge is 0.269 e. The van der Waals surface area contributed by atoms with E-state index in [1.807, 2.05) is 25.1 Å². The van der Waals surface area contributed by atoms with Crippen LogP contribution >= 0.6 is 11.8 Å². The Morgan fingerprint density at radius 1 is 1.23 bits per heavy atom. The first-order valence-electron chi connectivity index (χ1n) is 11.4. The van der Waals surface area contributed by atoms with Crippen molar-refractivity contribution in [2.75, 3.05) is 16.9 Å². The van der Waals surface area contributed by atoms with Crippen molar-refractivity contribution in [1.29, 1.82) is 0 Å². The first kappa shape index (κ1) is 21.9. The second-order valence-electron chi connectivity index (χ2n) is 9.26. The summed E-state index contributed by atoms with van der Waals surface area (Å²) >= 11 is 1.74. The SMILES string of the molecule is Cc1ccc2c(c1)C1(C(=O)N2)C(C(=O)c2cccnc2)C(c2ccc([N+](=O)[O-])cc2)C2CSCN21. The number of hydrogen-bond acceptors (Lipinski definition) is 7. The van der Waals surface area contributed by atoms with Gasteiger partial charge in [-0.3, -0.25) is 29.6 Å². The molecule has 4 heterocycles. The van der Waals surface area contributed by atoms with Gasteiger partial charge in [-0.1, -0.05) is 29.8 Å². The third kappa shape index (κ3) is 3.08. The van der Waals surface area contributed by atoms with Gasteiger partial charge in [0.1, 0.15) is 5.54 Å². The molecule has 0 radical (unpaired) electrons. The summed E-state index contributed by atoms with van der Waals surface area (Å²) in [4.78, 5) is 45.4. The van der Waals surface area contributed by atoms with Crippen molar-refractivity contribution in [2.45, 2.75) is 24.4 Å². The van der Waals surface area contributed by atoms with Crippen molar-refractivity contribution < 1.29 is 14.5 Å². The molecule has 4 unspecified atom stereocenters. The Balaban J connectivity index is 1.60. The Morgan fingerprint density at radius 2 is 2.03 bits per heavy atom. The van der Waals surface area contributed by atoms with Crippen molar-refractivity contribution in [3.63, 3.8) is 0 Å². The third-order valence-corrected chi connectivity index (χ3v) is 8.53. The van der Waals surface area contributed by atoms with Gasteiger partial charge in [0.05, 0.1) is 10.8 Å². The van der Waals surface area contributed by atoms with E-state index in [1.165, 1.54) is 12.1 Å². The number of carbonyl (C=O) groups is 2. The molecule has 3 aliphatic heterocycles. The van der Waals surface area contributed by atoms with Gasteiger partial charge in [0.2, 0.25) is 5.91 Å². The number of Topliss-reactive ketones (excluding diaryl/α,β-unsaturated/α-hetero) is 1. The van der Waals surface area contributed by atoms with Crippen LogP contribution in [-0.4, -0.2) is 44.2 Å². The van der Waals surface area contributed by atoms with Gasteiger partial charge in [0.15, 0.2) is 5.78 Å². The molecule has 2 aromatic carbocycles. The number of nitro groups is 1. The highest BCUT2D eigenvalue weighted by atomic mass is 32.2. The molecule has 9 heteroatoms. The Kier molecular flexibility index (Phi) is 5.01. The van der Waals surface area contributed by atoms with E-state index < -0.39 is 16.4 Å². The topological polar surface area (TPSA) is 105 Å². The van der Waals surface area contributed by atoms with E-state index in [2.05, 4.69) is 15.2 Å². The van der Waals surface area contributed by atoms with Gasteiger partial charge in [0, 0.05) is 64.9 Å². The maximum atomic E-state index is 14.3. The Bertz CT molecular complexity index is 1360. The van der Waals surface area contributed by atoms with Gasteiger partial charge >= 0.3 is 0 Å². The van der Waals surface area contributed by atoms with E-state index in [0.717, 1.165) is 28.1 Å². The highest BCUT2D eigenvalue weighted by Gasteiger charge is 2.69. The highest BCUT2D eigenvalue weighted by Crippen LogP contribution is 2.61. The lowest BCUT2D eigenvalue weighted by atomic mass is 9.69. The number of hydrogen-bond donors (Lipinski definition) is 1. The van der Waals surface area contributed by atoms with Gasteiger partial charge in [-0.25, -0.2) is 0 Å².